The van der Waals surface area contributed by atoms with Gasteiger partial charge in [0, 0.05) is 12.0 Å². The summed E-state index contributed by atoms with van der Waals surface area (Å²) in [6.45, 7) is 4.03. The Bertz CT molecular complexity index is 285. The minimum atomic E-state index is 0.341. The SMILES string of the molecule is CCNC(CCC1CCCO1)c1csnn1. The maximum Gasteiger partial charge on any atom is 0.0924 e. The second-order valence-electron chi connectivity index (χ2n) is 4.15. The van der Waals surface area contributed by atoms with Crippen molar-refractivity contribution in [3.63, 3.8) is 0 Å². The van der Waals surface area contributed by atoms with Crippen molar-refractivity contribution in [2.24, 2.45) is 0 Å². The van der Waals surface area contributed by atoms with Crippen molar-refractivity contribution in [3.8, 4) is 0 Å². The van der Waals surface area contributed by atoms with Crippen molar-refractivity contribution in [1.29, 1.82) is 0 Å². The van der Waals surface area contributed by atoms with Gasteiger partial charge < -0.3 is 10.1 Å². The number of nitrogens with zero attached hydrogens (tertiary/aromatic N) is 2. The summed E-state index contributed by atoms with van der Waals surface area (Å²) in [5.41, 5.74) is 1.07. The Morgan fingerprint density at radius 2 is 2.62 bits per heavy atom. The Morgan fingerprint density at radius 3 is 3.25 bits per heavy atom. The standard InChI is InChI=1S/C11H19N3OS/c1-2-12-10(11-8-16-14-13-11)6-5-9-4-3-7-15-9/h8-10,12H,2-7H2,1H3. The summed E-state index contributed by atoms with van der Waals surface area (Å²) in [6.07, 6.45) is 5.11. The molecule has 0 saturated carbocycles. The molecule has 0 radical (unpaired) electrons. The monoisotopic (exact) mass is 241 g/mol. The molecule has 5 heteroatoms. The van der Waals surface area contributed by atoms with E-state index in [1.165, 1.54) is 24.4 Å². The zero-order valence-electron chi connectivity index (χ0n) is 9.69. The molecule has 4 nitrogen and oxygen atoms in total. The summed E-state index contributed by atoms with van der Waals surface area (Å²) in [5, 5.41) is 9.63. The fourth-order valence-electron chi connectivity index (χ4n) is 2.15. The molecule has 0 amide bonds. The summed E-state index contributed by atoms with van der Waals surface area (Å²) >= 11 is 1.42. The van der Waals surface area contributed by atoms with E-state index in [1.807, 2.05) is 5.38 Å². The molecule has 2 heterocycles. The summed E-state index contributed by atoms with van der Waals surface area (Å²) in [5.74, 6) is 0. The van der Waals surface area contributed by atoms with Gasteiger partial charge in [0.25, 0.3) is 0 Å². The van der Waals surface area contributed by atoms with Crippen molar-refractivity contribution in [2.75, 3.05) is 13.2 Å². The minimum absolute atomic E-state index is 0.341. The maximum absolute atomic E-state index is 5.64. The molecule has 1 saturated heterocycles. The number of nitrogens with one attached hydrogen (secondary N) is 1. The van der Waals surface area contributed by atoms with Crippen LogP contribution in [-0.4, -0.2) is 28.8 Å². The number of rotatable bonds is 6. The van der Waals surface area contributed by atoms with E-state index >= 15 is 0 Å². The van der Waals surface area contributed by atoms with Gasteiger partial charge >= 0.3 is 0 Å². The fourth-order valence-corrected chi connectivity index (χ4v) is 2.66. The van der Waals surface area contributed by atoms with E-state index in [4.69, 9.17) is 4.74 Å². The highest BCUT2D eigenvalue weighted by atomic mass is 32.1. The third-order valence-electron chi connectivity index (χ3n) is 2.99. The first-order chi connectivity index (χ1) is 7.90. The van der Waals surface area contributed by atoms with Crippen molar-refractivity contribution in [3.05, 3.63) is 11.1 Å². The number of ether oxygens (including phenoxy) is 1. The second kappa shape index (κ2) is 6.27. The molecule has 90 valence electrons. The lowest BCUT2D eigenvalue weighted by Crippen LogP contribution is -2.22. The van der Waals surface area contributed by atoms with Gasteiger partial charge in [0.15, 0.2) is 0 Å². The summed E-state index contributed by atoms with van der Waals surface area (Å²) in [4.78, 5) is 0. The molecule has 1 aromatic rings. The summed E-state index contributed by atoms with van der Waals surface area (Å²) in [6, 6.07) is 0.341. The zero-order valence-corrected chi connectivity index (χ0v) is 10.5. The Morgan fingerprint density at radius 1 is 1.69 bits per heavy atom. The highest BCUT2D eigenvalue weighted by molar-refractivity contribution is 7.03. The third kappa shape index (κ3) is 3.23. The van der Waals surface area contributed by atoms with E-state index in [0.29, 0.717) is 12.1 Å². The van der Waals surface area contributed by atoms with Gasteiger partial charge in [-0.05, 0) is 43.8 Å². The van der Waals surface area contributed by atoms with Crippen LogP contribution in [0.5, 0.6) is 0 Å². The van der Waals surface area contributed by atoms with E-state index in [2.05, 4.69) is 21.8 Å². The lowest BCUT2D eigenvalue weighted by atomic mass is 10.0. The van der Waals surface area contributed by atoms with Crippen LogP contribution in [0.4, 0.5) is 0 Å². The van der Waals surface area contributed by atoms with Crippen LogP contribution >= 0.6 is 11.5 Å². The molecule has 1 fully saturated rings. The molecule has 0 aliphatic carbocycles. The average molecular weight is 241 g/mol. The van der Waals surface area contributed by atoms with Gasteiger partial charge in [-0.1, -0.05) is 11.4 Å². The topological polar surface area (TPSA) is 47.0 Å². The van der Waals surface area contributed by atoms with E-state index in [0.717, 1.165) is 31.7 Å². The van der Waals surface area contributed by atoms with E-state index in [1.54, 1.807) is 0 Å². The molecule has 1 aliphatic heterocycles. The molecule has 0 spiro atoms. The first-order valence-corrected chi connectivity index (χ1v) is 6.85. The van der Waals surface area contributed by atoms with E-state index in [-0.39, 0.29) is 0 Å². The van der Waals surface area contributed by atoms with Crippen LogP contribution in [0.2, 0.25) is 0 Å². The van der Waals surface area contributed by atoms with E-state index in [9.17, 15) is 0 Å². The van der Waals surface area contributed by atoms with Crippen molar-refractivity contribution in [2.45, 2.75) is 44.8 Å². The van der Waals surface area contributed by atoms with Crippen molar-refractivity contribution >= 4 is 11.5 Å². The molecular weight excluding hydrogens is 222 g/mol. The molecule has 1 aromatic heterocycles. The molecule has 16 heavy (non-hydrogen) atoms. The van der Waals surface area contributed by atoms with Crippen LogP contribution in [0, 0.1) is 0 Å². The van der Waals surface area contributed by atoms with Crippen LogP contribution in [-0.2, 0) is 4.74 Å². The Balaban J connectivity index is 1.82. The minimum Gasteiger partial charge on any atom is -0.378 e. The van der Waals surface area contributed by atoms with Gasteiger partial charge in [-0.3, -0.25) is 0 Å². The fraction of sp³-hybridized carbons (Fsp3) is 0.818. The zero-order chi connectivity index (χ0) is 11.2. The predicted molar refractivity (Wildman–Crippen MR) is 64.5 cm³/mol. The molecule has 2 atom stereocenters. The van der Waals surface area contributed by atoms with Gasteiger partial charge in [-0.15, -0.1) is 5.10 Å². The highest BCUT2D eigenvalue weighted by Crippen LogP contribution is 2.23. The molecule has 2 rings (SSSR count). The number of hydrogen-bond acceptors (Lipinski definition) is 5. The van der Waals surface area contributed by atoms with Crippen molar-refractivity contribution < 1.29 is 4.74 Å². The summed E-state index contributed by atoms with van der Waals surface area (Å²) < 4.78 is 9.56. The Hall–Kier alpha value is -0.520. The molecular formula is C11H19N3OS. The van der Waals surface area contributed by atoms with Crippen LogP contribution in [0.25, 0.3) is 0 Å². The number of aromatic nitrogens is 2. The third-order valence-corrected chi connectivity index (χ3v) is 3.51. The first kappa shape index (κ1) is 12.0. The molecule has 0 bridgehead atoms. The van der Waals surface area contributed by atoms with Gasteiger partial charge in [0.05, 0.1) is 17.8 Å². The Kier molecular flexibility index (Phi) is 4.69. The molecule has 0 aromatic carbocycles. The van der Waals surface area contributed by atoms with Crippen molar-refractivity contribution in [1.82, 2.24) is 14.9 Å². The molecule has 1 N–H and O–H groups in total. The normalized spacial score (nSPS) is 22.4. The van der Waals surface area contributed by atoms with Gasteiger partial charge in [0.1, 0.15) is 0 Å². The summed E-state index contributed by atoms with van der Waals surface area (Å²) in [7, 11) is 0. The Labute approximate surface area is 101 Å². The highest BCUT2D eigenvalue weighted by Gasteiger charge is 2.19. The van der Waals surface area contributed by atoms with Crippen LogP contribution in [0.3, 0.4) is 0 Å². The number of hydrogen-bond donors (Lipinski definition) is 1. The van der Waals surface area contributed by atoms with Gasteiger partial charge in [0.2, 0.25) is 0 Å². The van der Waals surface area contributed by atoms with Gasteiger partial charge in [-0.25, -0.2) is 0 Å². The van der Waals surface area contributed by atoms with Crippen LogP contribution in [0.1, 0.15) is 44.3 Å². The smallest absolute Gasteiger partial charge is 0.0924 e. The lowest BCUT2D eigenvalue weighted by Gasteiger charge is -2.17. The first-order valence-electron chi connectivity index (χ1n) is 6.02. The van der Waals surface area contributed by atoms with Crippen LogP contribution < -0.4 is 5.32 Å². The van der Waals surface area contributed by atoms with E-state index < -0.39 is 0 Å². The quantitative estimate of drug-likeness (QED) is 0.829. The molecule has 2 unspecified atom stereocenters. The molecule has 1 aliphatic rings. The largest absolute Gasteiger partial charge is 0.378 e. The van der Waals surface area contributed by atoms with Gasteiger partial charge in [-0.2, -0.15) is 0 Å². The second-order valence-corrected chi connectivity index (χ2v) is 4.76. The predicted octanol–water partition coefficient (Wildman–Crippen LogP) is 2.15. The average Bonchev–Trinajstić information content (AvgIpc) is 2.96. The lowest BCUT2D eigenvalue weighted by molar-refractivity contribution is 0.0995. The van der Waals surface area contributed by atoms with Crippen LogP contribution in [0.15, 0.2) is 5.38 Å². The maximum atomic E-state index is 5.64.